The van der Waals surface area contributed by atoms with Crippen LogP contribution in [0, 0.1) is 0 Å². The zero-order valence-corrected chi connectivity index (χ0v) is 24.2. The Balaban J connectivity index is 2.52. The largest absolute Gasteiger partial charge is 0.352 e. The second-order valence-corrected chi connectivity index (χ2v) is 11.9. The second kappa shape index (κ2) is 13.2. The molecule has 0 radical (unpaired) electrons. The smallest absolute Gasteiger partial charge is 0.244 e. The first kappa shape index (κ1) is 30.5. The van der Waals surface area contributed by atoms with E-state index in [0.717, 1.165) is 10.6 Å². The van der Waals surface area contributed by atoms with Gasteiger partial charge in [-0.2, -0.15) is 0 Å². The van der Waals surface area contributed by atoms with Crippen molar-refractivity contribution in [2.75, 3.05) is 17.1 Å². The van der Waals surface area contributed by atoms with E-state index in [1.807, 2.05) is 13.8 Å². The number of carbonyl (C=O) groups is 2. The summed E-state index contributed by atoms with van der Waals surface area (Å²) >= 11 is 24.8. The highest BCUT2D eigenvalue weighted by Gasteiger charge is 2.33. The molecule has 1 N–H and O–H groups in total. The molecule has 2 atom stereocenters. The van der Waals surface area contributed by atoms with Crippen molar-refractivity contribution >= 4 is 73.9 Å². The summed E-state index contributed by atoms with van der Waals surface area (Å²) in [6, 6.07) is 8.17. The number of sulfonamides is 1. The van der Waals surface area contributed by atoms with Crippen LogP contribution in [0.3, 0.4) is 0 Å². The molecular weight excluding hydrogens is 568 g/mol. The molecular formula is C24H29Cl4N3O4S. The van der Waals surface area contributed by atoms with E-state index in [2.05, 4.69) is 5.32 Å². The molecule has 36 heavy (non-hydrogen) atoms. The minimum atomic E-state index is -3.91. The van der Waals surface area contributed by atoms with E-state index in [9.17, 15) is 18.0 Å². The normalized spacial score (nSPS) is 13.1. The molecule has 0 fully saturated rings. The lowest BCUT2D eigenvalue weighted by Gasteiger charge is -2.33. The van der Waals surface area contributed by atoms with Gasteiger partial charge in [0.15, 0.2) is 0 Å². The number of rotatable bonds is 11. The van der Waals surface area contributed by atoms with Crippen LogP contribution in [0.2, 0.25) is 20.1 Å². The van der Waals surface area contributed by atoms with Gasteiger partial charge in [0.05, 0.1) is 22.0 Å². The van der Waals surface area contributed by atoms with Crippen LogP contribution in [-0.2, 0) is 26.2 Å². The predicted molar refractivity (Wildman–Crippen MR) is 148 cm³/mol. The van der Waals surface area contributed by atoms with Gasteiger partial charge in [-0.3, -0.25) is 13.9 Å². The van der Waals surface area contributed by atoms with Crippen molar-refractivity contribution in [2.45, 2.75) is 52.2 Å². The summed E-state index contributed by atoms with van der Waals surface area (Å²) in [6.07, 6.45) is 1.96. The van der Waals surface area contributed by atoms with Crippen LogP contribution in [0.25, 0.3) is 0 Å². The third kappa shape index (κ3) is 7.89. The van der Waals surface area contributed by atoms with Crippen LogP contribution in [-0.4, -0.2) is 50.0 Å². The van der Waals surface area contributed by atoms with E-state index >= 15 is 0 Å². The number of nitrogens with one attached hydrogen (secondary N) is 1. The van der Waals surface area contributed by atoms with Crippen molar-refractivity contribution in [3.8, 4) is 0 Å². The van der Waals surface area contributed by atoms with Crippen LogP contribution in [0.4, 0.5) is 5.69 Å². The maximum atomic E-state index is 13.7. The summed E-state index contributed by atoms with van der Waals surface area (Å²) in [5.74, 6) is -0.975. The van der Waals surface area contributed by atoms with Gasteiger partial charge in [-0.15, -0.1) is 0 Å². The maximum Gasteiger partial charge on any atom is 0.244 e. The second-order valence-electron chi connectivity index (χ2n) is 8.33. The van der Waals surface area contributed by atoms with Gasteiger partial charge < -0.3 is 10.2 Å². The number of halogens is 4. The molecule has 0 unspecified atom stereocenters. The van der Waals surface area contributed by atoms with Crippen LogP contribution in [0.5, 0.6) is 0 Å². The molecule has 2 rings (SSSR count). The molecule has 0 aliphatic carbocycles. The zero-order valence-electron chi connectivity index (χ0n) is 20.4. The molecule has 198 valence electrons. The SMILES string of the molecule is CC[C@H](C(=O)N[C@@H](C)CC)N(Cc1c(Cl)cccc1Cl)C(=O)CN(c1ccc(Cl)c(Cl)c1)S(C)(=O)=O. The molecule has 0 aliphatic rings. The molecule has 0 heterocycles. The van der Waals surface area contributed by atoms with E-state index in [-0.39, 0.29) is 40.6 Å². The first-order chi connectivity index (χ1) is 16.8. The van der Waals surface area contributed by atoms with Gasteiger partial charge in [0.1, 0.15) is 12.6 Å². The quantitative estimate of drug-likeness (QED) is 0.356. The Kier molecular flexibility index (Phi) is 11.2. The minimum Gasteiger partial charge on any atom is -0.352 e. The van der Waals surface area contributed by atoms with Crippen molar-refractivity contribution in [3.63, 3.8) is 0 Å². The molecule has 2 aromatic rings. The molecule has 12 heteroatoms. The summed E-state index contributed by atoms with van der Waals surface area (Å²) in [5.41, 5.74) is 0.609. The third-order valence-corrected chi connectivity index (χ3v) is 8.24. The highest BCUT2D eigenvalue weighted by atomic mass is 35.5. The fraction of sp³-hybridized carbons (Fsp3) is 0.417. The van der Waals surface area contributed by atoms with Gasteiger partial charge in [-0.05, 0) is 50.1 Å². The average Bonchev–Trinajstić information content (AvgIpc) is 2.80. The summed E-state index contributed by atoms with van der Waals surface area (Å²) in [5, 5.41) is 3.91. The molecule has 0 saturated carbocycles. The maximum absolute atomic E-state index is 13.7. The molecule has 2 amide bonds. The number of hydrogen-bond acceptors (Lipinski definition) is 4. The molecule has 0 spiro atoms. The van der Waals surface area contributed by atoms with Crippen LogP contribution in [0.15, 0.2) is 36.4 Å². The Morgan fingerprint density at radius 3 is 2.06 bits per heavy atom. The monoisotopic (exact) mass is 595 g/mol. The van der Waals surface area contributed by atoms with Crippen molar-refractivity contribution < 1.29 is 18.0 Å². The summed E-state index contributed by atoms with van der Waals surface area (Å²) in [6.45, 7) is 4.88. The van der Waals surface area contributed by atoms with Crippen molar-refractivity contribution in [1.82, 2.24) is 10.2 Å². The average molecular weight is 597 g/mol. The van der Waals surface area contributed by atoms with E-state index in [4.69, 9.17) is 46.4 Å². The van der Waals surface area contributed by atoms with Gasteiger partial charge in [-0.25, -0.2) is 8.42 Å². The Morgan fingerprint density at radius 2 is 1.56 bits per heavy atom. The van der Waals surface area contributed by atoms with E-state index in [1.54, 1.807) is 25.1 Å². The van der Waals surface area contributed by atoms with Gasteiger partial charge in [0.2, 0.25) is 21.8 Å². The Hall–Kier alpha value is -1.71. The highest BCUT2D eigenvalue weighted by molar-refractivity contribution is 7.92. The fourth-order valence-corrected chi connectivity index (χ4v) is 5.12. The lowest BCUT2D eigenvalue weighted by Crippen LogP contribution is -2.53. The number of hydrogen-bond donors (Lipinski definition) is 1. The summed E-state index contributed by atoms with van der Waals surface area (Å²) in [7, 11) is -3.91. The van der Waals surface area contributed by atoms with E-state index < -0.39 is 28.5 Å². The Bertz CT molecular complexity index is 1190. The van der Waals surface area contributed by atoms with Gasteiger partial charge in [0.25, 0.3) is 0 Å². The first-order valence-electron chi connectivity index (χ1n) is 11.3. The predicted octanol–water partition coefficient (Wildman–Crippen LogP) is 5.79. The van der Waals surface area contributed by atoms with Gasteiger partial charge >= 0.3 is 0 Å². The lowest BCUT2D eigenvalue weighted by atomic mass is 10.1. The van der Waals surface area contributed by atoms with E-state index in [1.165, 1.54) is 23.1 Å². The molecule has 0 bridgehead atoms. The van der Waals surface area contributed by atoms with Crippen molar-refractivity contribution in [2.24, 2.45) is 0 Å². The Labute approximate surface area is 232 Å². The summed E-state index contributed by atoms with van der Waals surface area (Å²) in [4.78, 5) is 28.2. The summed E-state index contributed by atoms with van der Waals surface area (Å²) < 4.78 is 26.3. The number of anilines is 1. The molecule has 2 aromatic carbocycles. The fourth-order valence-electron chi connectivity index (χ4n) is 3.47. The third-order valence-electron chi connectivity index (χ3n) is 5.65. The topological polar surface area (TPSA) is 86.8 Å². The van der Waals surface area contributed by atoms with Crippen LogP contribution >= 0.6 is 46.4 Å². The van der Waals surface area contributed by atoms with Crippen molar-refractivity contribution in [1.29, 1.82) is 0 Å². The number of carbonyl (C=O) groups excluding carboxylic acids is 2. The molecule has 0 aromatic heterocycles. The molecule has 0 saturated heterocycles. The first-order valence-corrected chi connectivity index (χ1v) is 14.6. The molecule has 7 nitrogen and oxygen atoms in total. The van der Waals surface area contributed by atoms with Crippen molar-refractivity contribution in [3.05, 3.63) is 62.1 Å². The van der Waals surface area contributed by atoms with Crippen LogP contribution in [0.1, 0.15) is 39.2 Å². The van der Waals surface area contributed by atoms with Gasteiger partial charge in [-0.1, -0.05) is 66.3 Å². The van der Waals surface area contributed by atoms with Crippen LogP contribution < -0.4 is 9.62 Å². The molecule has 0 aliphatic heterocycles. The van der Waals surface area contributed by atoms with Gasteiger partial charge in [0, 0.05) is 28.2 Å². The van der Waals surface area contributed by atoms with E-state index in [0.29, 0.717) is 22.0 Å². The zero-order chi connectivity index (χ0) is 27.2. The minimum absolute atomic E-state index is 0.0945. The highest BCUT2D eigenvalue weighted by Crippen LogP contribution is 2.30. The Morgan fingerprint density at radius 1 is 0.944 bits per heavy atom. The number of amides is 2. The standard InChI is InChI=1S/C24H29Cl4N3O4S/c1-5-15(3)29-24(33)22(6-2)30(13-17-18(25)8-7-9-19(17)26)23(32)14-31(36(4,34)35)16-10-11-20(27)21(28)12-16/h7-12,15,22H,5-6,13-14H2,1-4H3,(H,29,33)/t15-,22+/m0/s1. The number of nitrogens with zero attached hydrogens (tertiary/aromatic N) is 2. The number of benzene rings is 2. The lowest BCUT2D eigenvalue weighted by molar-refractivity contribution is -0.140.